The normalized spacial score (nSPS) is 10.8. The Balaban J connectivity index is 3.80. The van der Waals surface area contributed by atoms with E-state index in [4.69, 9.17) is 11.5 Å². The maximum Gasteiger partial charge on any atom is 0.318 e. The molecule has 0 aromatic rings. The molecular weight excluding hydrogens is 146 g/mol. The Bertz CT molecular complexity index is 171. The van der Waals surface area contributed by atoms with Crippen LogP contribution in [-0.2, 0) is 4.79 Å². The molecule has 5 heteroatoms. The van der Waals surface area contributed by atoms with Gasteiger partial charge in [0.1, 0.15) is 0 Å². The van der Waals surface area contributed by atoms with Crippen LogP contribution < -0.4 is 16.8 Å². The lowest BCUT2D eigenvalue weighted by atomic mass is 10.0. The number of carbonyl (C=O) groups is 2. The molecule has 0 aliphatic heterocycles. The first-order valence-electron chi connectivity index (χ1n) is 3.19. The fourth-order valence-electron chi connectivity index (χ4n) is 0.595. The van der Waals surface area contributed by atoms with E-state index in [9.17, 15) is 9.59 Å². The van der Waals surface area contributed by atoms with Crippen molar-refractivity contribution in [1.82, 2.24) is 5.32 Å². The molecule has 0 aromatic carbocycles. The maximum absolute atomic E-state index is 10.8. The van der Waals surface area contributed by atoms with Gasteiger partial charge < -0.3 is 11.5 Å². The predicted molar refractivity (Wildman–Crippen MR) is 40.6 cm³/mol. The molecule has 0 aliphatic carbocycles. The summed E-state index contributed by atoms with van der Waals surface area (Å²) in [7, 11) is 0. The summed E-state index contributed by atoms with van der Waals surface area (Å²) in [4.78, 5) is 20.9. The summed E-state index contributed by atoms with van der Waals surface area (Å²) in [5.41, 5.74) is 9.59. The van der Waals surface area contributed by atoms with E-state index in [1.807, 2.05) is 5.32 Å². The standard InChI is InChI=1S/C6H13N3O2/c1-6(2,8)3-4(10)9-5(7)11/h3,8H2,1-2H3,(H3,7,9,10,11). The second kappa shape index (κ2) is 3.34. The largest absolute Gasteiger partial charge is 0.351 e. The van der Waals surface area contributed by atoms with Crippen molar-refractivity contribution < 1.29 is 9.59 Å². The number of imide groups is 1. The molecule has 0 radical (unpaired) electrons. The SMILES string of the molecule is CC(C)(N)CC(=O)NC(N)=O. The first-order valence-corrected chi connectivity index (χ1v) is 3.19. The Labute approximate surface area is 65.1 Å². The van der Waals surface area contributed by atoms with Crippen LogP contribution in [0.5, 0.6) is 0 Å². The highest BCUT2D eigenvalue weighted by atomic mass is 16.2. The molecule has 0 saturated carbocycles. The van der Waals surface area contributed by atoms with Crippen molar-refractivity contribution in [3.8, 4) is 0 Å². The molecule has 0 heterocycles. The van der Waals surface area contributed by atoms with Crippen LogP contribution in [-0.4, -0.2) is 17.5 Å². The zero-order chi connectivity index (χ0) is 9.07. The van der Waals surface area contributed by atoms with Gasteiger partial charge in [0.2, 0.25) is 5.91 Å². The monoisotopic (exact) mass is 159 g/mol. The summed E-state index contributed by atoms with van der Waals surface area (Å²) in [6.07, 6.45) is 0.0793. The van der Waals surface area contributed by atoms with Crippen LogP contribution in [0.25, 0.3) is 0 Å². The van der Waals surface area contributed by atoms with Gasteiger partial charge in [-0.15, -0.1) is 0 Å². The fraction of sp³-hybridized carbons (Fsp3) is 0.667. The average molecular weight is 159 g/mol. The van der Waals surface area contributed by atoms with Gasteiger partial charge in [0, 0.05) is 12.0 Å². The molecular formula is C6H13N3O2. The summed E-state index contributed by atoms with van der Waals surface area (Å²) >= 11 is 0. The second-order valence-electron chi connectivity index (χ2n) is 3.08. The van der Waals surface area contributed by atoms with Crippen molar-refractivity contribution in [3.05, 3.63) is 0 Å². The third-order valence-electron chi connectivity index (χ3n) is 0.879. The summed E-state index contributed by atoms with van der Waals surface area (Å²) in [6.45, 7) is 3.38. The van der Waals surface area contributed by atoms with Crippen LogP contribution in [0.1, 0.15) is 20.3 Å². The van der Waals surface area contributed by atoms with E-state index in [-0.39, 0.29) is 6.42 Å². The smallest absolute Gasteiger partial charge is 0.318 e. The molecule has 0 aromatic heterocycles. The Morgan fingerprint density at radius 1 is 1.45 bits per heavy atom. The van der Waals surface area contributed by atoms with E-state index in [1.54, 1.807) is 13.8 Å². The van der Waals surface area contributed by atoms with E-state index in [0.717, 1.165) is 0 Å². The molecule has 0 aliphatic rings. The fourth-order valence-corrected chi connectivity index (χ4v) is 0.595. The van der Waals surface area contributed by atoms with Gasteiger partial charge in [-0.05, 0) is 13.8 Å². The van der Waals surface area contributed by atoms with Gasteiger partial charge >= 0.3 is 6.03 Å². The lowest BCUT2D eigenvalue weighted by Crippen LogP contribution is -2.42. The first-order chi connectivity index (χ1) is 4.81. The molecule has 5 nitrogen and oxygen atoms in total. The molecule has 5 N–H and O–H groups in total. The minimum atomic E-state index is -0.848. The van der Waals surface area contributed by atoms with Gasteiger partial charge in [-0.1, -0.05) is 0 Å². The number of hydrogen-bond acceptors (Lipinski definition) is 3. The van der Waals surface area contributed by atoms with Crippen LogP contribution in [0.4, 0.5) is 4.79 Å². The minimum Gasteiger partial charge on any atom is -0.351 e. The Hall–Kier alpha value is -1.10. The van der Waals surface area contributed by atoms with Crippen molar-refractivity contribution in [2.24, 2.45) is 11.5 Å². The molecule has 64 valence electrons. The molecule has 0 atom stereocenters. The number of urea groups is 1. The second-order valence-corrected chi connectivity index (χ2v) is 3.08. The van der Waals surface area contributed by atoms with Gasteiger partial charge in [-0.2, -0.15) is 0 Å². The molecule has 0 bridgehead atoms. The number of nitrogens with one attached hydrogen (secondary N) is 1. The molecule has 0 fully saturated rings. The van der Waals surface area contributed by atoms with Crippen LogP contribution in [0.15, 0.2) is 0 Å². The van der Waals surface area contributed by atoms with Crippen molar-refractivity contribution in [3.63, 3.8) is 0 Å². The van der Waals surface area contributed by atoms with Gasteiger partial charge in [0.15, 0.2) is 0 Å². The van der Waals surface area contributed by atoms with E-state index < -0.39 is 17.5 Å². The highest BCUT2D eigenvalue weighted by Crippen LogP contribution is 2.01. The van der Waals surface area contributed by atoms with Gasteiger partial charge in [-0.25, -0.2) is 4.79 Å². The first kappa shape index (κ1) is 9.90. The average Bonchev–Trinajstić information content (AvgIpc) is 1.53. The Morgan fingerprint density at radius 3 is 2.18 bits per heavy atom. The zero-order valence-corrected chi connectivity index (χ0v) is 6.68. The number of nitrogens with two attached hydrogens (primary N) is 2. The van der Waals surface area contributed by atoms with E-state index in [2.05, 4.69) is 0 Å². The quantitative estimate of drug-likeness (QED) is 0.497. The van der Waals surface area contributed by atoms with Crippen LogP contribution >= 0.6 is 0 Å². The summed E-state index contributed by atoms with van der Waals surface area (Å²) in [5.74, 6) is -0.454. The number of amides is 3. The van der Waals surface area contributed by atoms with Crippen molar-refractivity contribution in [2.45, 2.75) is 25.8 Å². The Kier molecular flexibility index (Phi) is 3.00. The topological polar surface area (TPSA) is 98.2 Å². The summed E-state index contributed by atoms with van der Waals surface area (Å²) < 4.78 is 0. The van der Waals surface area contributed by atoms with Gasteiger partial charge in [-0.3, -0.25) is 10.1 Å². The molecule has 0 unspecified atom stereocenters. The summed E-state index contributed by atoms with van der Waals surface area (Å²) in [6, 6.07) is -0.848. The molecule has 3 amide bonds. The minimum absolute atomic E-state index is 0.0793. The highest BCUT2D eigenvalue weighted by Gasteiger charge is 2.16. The number of rotatable bonds is 2. The predicted octanol–water partition coefficient (Wildman–Crippen LogP) is -0.691. The van der Waals surface area contributed by atoms with E-state index >= 15 is 0 Å². The lowest BCUT2D eigenvalue weighted by molar-refractivity contribution is -0.120. The van der Waals surface area contributed by atoms with Crippen LogP contribution in [0, 0.1) is 0 Å². The molecule has 0 spiro atoms. The zero-order valence-electron chi connectivity index (χ0n) is 6.68. The van der Waals surface area contributed by atoms with Crippen molar-refractivity contribution in [1.29, 1.82) is 0 Å². The highest BCUT2D eigenvalue weighted by molar-refractivity contribution is 5.93. The van der Waals surface area contributed by atoms with Crippen molar-refractivity contribution in [2.75, 3.05) is 0 Å². The Morgan fingerprint density at radius 2 is 1.91 bits per heavy atom. The lowest BCUT2D eigenvalue weighted by Gasteiger charge is -2.16. The van der Waals surface area contributed by atoms with Gasteiger partial charge in [0.05, 0.1) is 0 Å². The molecule has 11 heavy (non-hydrogen) atoms. The maximum atomic E-state index is 10.8. The number of primary amides is 1. The summed E-state index contributed by atoms with van der Waals surface area (Å²) in [5, 5.41) is 1.92. The number of carbonyl (C=O) groups excluding carboxylic acids is 2. The van der Waals surface area contributed by atoms with Crippen molar-refractivity contribution >= 4 is 11.9 Å². The third-order valence-corrected chi connectivity index (χ3v) is 0.879. The molecule has 0 saturated heterocycles. The van der Waals surface area contributed by atoms with E-state index in [0.29, 0.717) is 0 Å². The van der Waals surface area contributed by atoms with Crippen LogP contribution in [0.3, 0.4) is 0 Å². The number of hydrogen-bond donors (Lipinski definition) is 3. The van der Waals surface area contributed by atoms with Crippen LogP contribution in [0.2, 0.25) is 0 Å². The third kappa shape index (κ3) is 6.79. The van der Waals surface area contributed by atoms with Gasteiger partial charge in [0.25, 0.3) is 0 Å². The molecule has 0 rings (SSSR count). The van der Waals surface area contributed by atoms with E-state index in [1.165, 1.54) is 0 Å².